The van der Waals surface area contributed by atoms with Gasteiger partial charge in [0.1, 0.15) is 0 Å². The highest BCUT2D eigenvalue weighted by Gasteiger charge is 2.24. The van der Waals surface area contributed by atoms with Crippen LogP contribution in [0.1, 0.15) is 17.0 Å². The van der Waals surface area contributed by atoms with E-state index in [-0.39, 0.29) is 12.2 Å². The van der Waals surface area contributed by atoms with Gasteiger partial charge in [-0.2, -0.15) is 0 Å². The third kappa shape index (κ3) is 3.53. The topological polar surface area (TPSA) is 85.2 Å². The third-order valence-corrected chi connectivity index (χ3v) is 3.83. The summed E-state index contributed by atoms with van der Waals surface area (Å²) in [5, 5.41) is 19.8. The maximum absolute atomic E-state index is 11.7. The number of methoxy groups -OCH3 is 3. The first-order valence-electron chi connectivity index (χ1n) is 7.31. The van der Waals surface area contributed by atoms with Crippen molar-refractivity contribution >= 4 is 5.97 Å². The predicted molar refractivity (Wildman–Crippen MR) is 88.3 cm³/mol. The number of carbonyl (C=O) groups is 1. The van der Waals surface area contributed by atoms with Crippen LogP contribution in [0.15, 0.2) is 36.4 Å². The molecule has 0 fully saturated rings. The smallest absolute Gasteiger partial charge is 0.311 e. The summed E-state index contributed by atoms with van der Waals surface area (Å²) in [6.45, 7) is 0. The van der Waals surface area contributed by atoms with Crippen molar-refractivity contribution in [3.8, 4) is 23.0 Å². The van der Waals surface area contributed by atoms with Gasteiger partial charge in [-0.05, 0) is 35.7 Å². The lowest BCUT2D eigenvalue weighted by atomic mass is 9.91. The summed E-state index contributed by atoms with van der Waals surface area (Å²) in [7, 11) is 4.45. The molecule has 0 spiro atoms. The average molecular weight is 332 g/mol. The van der Waals surface area contributed by atoms with E-state index in [0.29, 0.717) is 28.4 Å². The Morgan fingerprint density at radius 1 is 1.00 bits per heavy atom. The number of rotatable bonds is 7. The highest BCUT2D eigenvalue weighted by molar-refractivity contribution is 5.77. The highest BCUT2D eigenvalue weighted by Crippen LogP contribution is 2.35. The number of aromatic hydroxyl groups is 1. The fourth-order valence-electron chi connectivity index (χ4n) is 2.53. The number of hydrogen-bond acceptors (Lipinski definition) is 5. The van der Waals surface area contributed by atoms with Gasteiger partial charge in [0.25, 0.3) is 0 Å². The first kappa shape index (κ1) is 17.5. The number of para-hydroxylation sites is 1. The number of aliphatic carboxylic acids is 1. The highest BCUT2D eigenvalue weighted by atomic mass is 16.5. The zero-order chi connectivity index (χ0) is 17.7. The van der Waals surface area contributed by atoms with Gasteiger partial charge in [-0.25, -0.2) is 0 Å². The molecule has 1 unspecified atom stereocenters. The summed E-state index contributed by atoms with van der Waals surface area (Å²) in [4.78, 5) is 11.7. The van der Waals surface area contributed by atoms with Crippen LogP contribution in [0.2, 0.25) is 0 Å². The van der Waals surface area contributed by atoms with Crippen molar-refractivity contribution in [1.29, 1.82) is 0 Å². The summed E-state index contributed by atoms with van der Waals surface area (Å²) >= 11 is 0. The van der Waals surface area contributed by atoms with Crippen LogP contribution in [0.25, 0.3) is 0 Å². The lowest BCUT2D eigenvalue weighted by molar-refractivity contribution is -0.138. The normalized spacial score (nSPS) is 11.6. The molecule has 0 radical (unpaired) electrons. The number of benzene rings is 2. The molecule has 2 aromatic rings. The monoisotopic (exact) mass is 332 g/mol. The molecule has 2 N–H and O–H groups in total. The summed E-state index contributed by atoms with van der Waals surface area (Å²) in [6, 6.07) is 9.97. The number of carboxylic acids is 1. The molecule has 1 atom stereocenters. The summed E-state index contributed by atoms with van der Waals surface area (Å²) in [5.41, 5.74) is 1.05. The second-order valence-electron chi connectivity index (χ2n) is 5.18. The van der Waals surface area contributed by atoms with Crippen molar-refractivity contribution in [2.45, 2.75) is 12.3 Å². The number of hydrogen-bond donors (Lipinski definition) is 2. The van der Waals surface area contributed by atoms with Gasteiger partial charge in [0, 0.05) is 0 Å². The van der Waals surface area contributed by atoms with E-state index in [4.69, 9.17) is 14.2 Å². The molecule has 0 aliphatic carbocycles. The second-order valence-corrected chi connectivity index (χ2v) is 5.18. The van der Waals surface area contributed by atoms with Crippen LogP contribution in [0.3, 0.4) is 0 Å². The van der Waals surface area contributed by atoms with E-state index >= 15 is 0 Å². The van der Waals surface area contributed by atoms with Gasteiger partial charge < -0.3 is 24.4 Å². The zero-order valence-corrected chi connectivity index (χ0v) is 13.8. The van der Waals surface area contributed by atoms with Crippen LogP contribution in [-0.4, -0.2) is 37.5 Å². The van der Waals surface area contributed by atoms with Crippen molar-refractivity contribution < 1.29 is 29.2 Å². The van der Waals surface area contributed by atoms with Crippen molar-refractivity contribution in [1.82, 2.24) is 0 Å². The van der Waals surface area contributed by atoms with Crippen molar-refractivity contribution in [2.24, 2.45) is 0 Å². The third-order valence-electron chi connectivity index (χ3n) is 3.83. The van der Waals surface area contributed by atoms with Gasteiger partial charge in [0.2, 0.25) is 0 Å². The fraction of sp³-hybridized carbons (Fsp3) is 0.278. The Morgan fingerprint density at radius 3 is 2.25 bits per heavy atom. The van der Waals surface area contributed by atoms with Gasteiger partial charge in [-0.15, -0.1) is 0 Å². The average Bonchev–Trinajstić information content (AvgIpc) is 2.60. The summed E-state index contributed by atoms with van der Waals surface area (Å²) in [6.07, 6.45) is 0.119. The van der Waals surface area contributed by atoms with Crippen LogP contribution in [0.4, 0.5) is 0 Å². The maximum Gasteiger partial charge on any atom is 0.311 e. The molecule has 0 heterocycles. The Kier molecular flexibility index (Phi) is 5.52. The van der Waals surface area contributed by atoms with E-state index in [0.717, 1.165) is 0 Å². The Balaban J connectivity index is 2.39. The lowest BCUT2D eigenvalue weighted by Crippen LogP contribution is -2.15. The fourth-order valence-corrected chi connectivity index (χ4v) is 2.53. The molecular formula is C18H20O6. The molecule has 0 saturated carbocycles. The van der Waals surface area contributed by atoms with Crippen LogP contribution in [-0.2, 0) is 11.2 Å². The van der Waals surface area contributed by atoms with E-state index in [2.05, 4.69) is 0 Å². The summed E-state index contributed by atoms with van der Waals surface area (Å²) < 4.78 is 15.5. The molecule has 0 saturated heterocycles. The van der Waals surface area contributed by atoms with Crippen LogP contribution in [0, 0.1) is 0 Å². The van der Waals surface area contributed by atoms with Crippen LogP contribution < -0.4 is 14.2 Å². The minimum atomic E-state index is -0.996. The van der Waals surface area contributed by atoms with E-state index in [1.165, 1.54) is 21.3 Å². The maximum atomic E-state index is 11.7. The number of phenols is 1. The molecular weight excluding hydrogens is 312 g/mol. The van der Waals surface area contributed by atoms with Crippen LogP contribution >= 0.6 is 0 Å². The van der Waals surface area contributed by atoms with E-state index in [1.807, 2.05) is 0 Å². The molecule has 0 bridgehead atoms. The van der Waals surface area contributed by atoms with Gasteiger partial charge in [0.15, 0.2) is 23.0 Å². The molecule has 2 aromatic carbocycles. The first-order chi connectivity index (χ1) is 11.5. The molecule has 0 aliphatic heterocycles. The van der Waals surface area contributed by atoms with Crippen molar-refractivity contribution in [3.63, 3.8) is 0 Å². The number of phenolic OH excluding ortho intramolecular Hbond substituents is 1. The standard InChI is InChI=1S/C18H20O6/c1-22-14-8-7-11(10-16(14)24-3)13(18(20)21)9-12-5-4-6-15(23-2)17(12)19/h4-8,10,13,19H,9H2,1-3H3,(H,20,21). The van der Waals surface area contributed by atoms with Crippen LogP contribution in [0.5, 0.6) is 23.0 Å². The Bertz CT molecular complexity index is 725. The van der Waals surface area contributed by atoms with E-state index in [1.54, 1.807) is 36.4 Å². The molecule has 0 aliphatic rings. The largest absolute Gasteiger partial charge is 0.504 e. The van der Waals surface area contributed by atoms with Gasteiger partial charge in [-0.3, -0.25) is 4.79 Å². The second kappa shape index (κ2) is 7.59. The predicted octanol–water partition coefficient (Wildman–Crippen LogP) is 2.83. The molecule has 6 heteroatoms. The van der Waals surface area contributed by atoms with Gasteiger partial charge in [-0.1, -0.05) is 18.2 Å². The van der Waals surface area contributed by atoms with Crippen molar-refractivity contribution in [3.05, 3.63) is 47.5 Å². The minimum absolute atomic E-state index is 0.0493. The van der Waals surface area contributed by atoms with E-state index in [9.17, 15) is 15.0 Å². The number of ether oxygens (including phenoxy) is 3. The van der Waals surface area contributed by atoms with Crippen molar-refractivity contribution in [2.75, 3.05) is 21.3 Å². The molecule has 0 aromatic heterocycles. The quantitative estimate of drug-likeness (QED) is 0.811. The Labute approximate surface area is 140 Å². The Morgan fingerprint density at radius 2 is 1.67 bits per heavy atom. The lowest BCUT2D eigenvalue weighted by Gasteiger charge is -2.17. The molecule has 24 heavy (non-hydrogen) atoms. The molecule has 6 nitrogen and oxygen atoms in total. The number of carboxylic acid groups (broad SMARTS) is 1. The molecule has 128 valence electrons. The molecule has 2 rings (SSSR count). The van der Waals surface area contributed by atoms with Gasteiger partial charge >= 0.3 is 5.97 Å². The Hall–Kier alpha value is -2.89. The molecule has 0 amide bonds. The minimum Gasteiger partial charge on any atom is -0.504 e. The first-order valence-corrected chi connectivity index (χ1v) is 7.31. The zero-order valence-electron chi connectivity index (χ0n) is 13.8. The summed E-state index contributed by atoms with van der Waals surface area (Å²) in [5.74, 6) is -0.603. The SMILES string of the molecule is COc1ccc(C(Cc2cccc(OC)c2O)C(=O)O)cc1OC. The van der Waals surface area contributed by atoms with Gasteiger partial charge in [0.05, 0.1) is 27.2 Å². The van der Waals surface area contributed by atoms with E-state index < -0.39 is 11.9 Å².